The van der Waals surface area contributed by atoms with Crippen molar-refractivity contribution in [1.29, 1.82) is 0 Å². The van der Waals surface area contributed by atoms with E-state index in [2.05, 4.69) is 69.3 Å². The van der Waals surface area contributed by atoms with E-state index in [-0.39, 0.29) is 0 Å². The minimum atomic E-state index is 0.784. The van der Waals surface area contributed by atoms with Crippen LogP contribution in [-0.4, -0.2) is 0 Å². The summed E-state index contributed by atoms with van der Waals surface area (Å²) in [5, 5.41) is 0. The standard InChI is InChI=1S/C34H52/c1-4-7-9-10-11-12-14-29-15-19-31(20-16-29)33-23-25-34(26-24-33)32-21-17-30(18-22-32)27-28(6-3)13-8-5-2/h17-18,21-26,28-29,31H,4-16,19-20,27H2,1-3H3. The van der Waals surface area contributed by atoms with Crippen molar-refractivity contribution in [3.63, 3.8) is 0 Å². The van der Waals surface area contributed by atoms with Crippen molar-refractivity contribution < 1.29 is 0 Å². The van der Waals surface area contributed by atoms with Gasteiger partial charge >= 0.3 is 0 Å². The summed E-state index contributed by atoms with van der Waals surface area (Å²) in [5.41, 5.74) is 5.80. The fourth-order valence-electron chi connectivity index (χ4n) is 6.06. The van der Waals surface area contributed by atoms with Crippen molar-refractivity contribution in [2.45, 2.75) is 129 Å². The predicted molar refractivity (Wildman–Crippen MR) is 152 cm³/mol. The summed E-state index contributed by atoms with van der Waals surface area (Å²) in [6.07, 6.45) is 22.3. The van der Waals surface area contributed by atoms with Crippen molar-refractivity contribution in [3.8, 4) is 11.1 Å². The lowest BCUT2D eigenvalue weighted by Crippen LogP contribution is -2.13. The van der Waals surface area contributed by atoms with Gasteiger partial charge in [0.05, 0.1) is 0 Å². The highest BCUT2D eigenvalue weighted by Crippen LogP contribution is 2.38. The third-order valence-electron chi connectivity index (χ3n) is 8.55. The predicted octanol–water partition coefficient (Wildman–Crippen LogP) is 11.1. The molecule has 2 aromatic rings. The molecule has 1 saturated carbocycles. The van der Waals surface area contributed by atoms with Crippen LogP contribution in [0.1, 0.15) is 134 Å². The summed E-state index contributed by atoms with van der Waals surface area (Å²) < 4.78 is 0. The van der Waals surface area contributed by atoms with Gasteiger partial charge in [0.25, 0.3) is 0 Å². The summed E-state index contributed by atoms with van der Waals surface area (Å²) in [5.74, 6) is 2.62. The number of hydrogen-bond acceptors (Lipinski definition) is 0. The molecule has 0 bridgehead atoms. The molecule has 1 aliphatic carbocycles. The molecular weight excluding hydrogens is 408 g/mol. The van der Waals surface area contributed by atoms with Gasteiger partial charge in [0.2, 0.25) is 0 Å². The lowest BCUT2D eigenvalue weighted by atomic mass is 9.77. The first-order chi connectivity index (χ1) is 16.7. The van der Waals surface area contributed by atoms with Crippen LogP contribution in [0.5, 0.6) is 0 Å². The van der Waals surface area contributed by atoms with Gasteiger partial charge in [-0.2, -0.15) is 0 Å². The Hall–Kier alpha value is -1.56. The molecule has 0 amide bonds. The molecule has 1 unspecified atom stereocenters. The van der Waals surface area contributed by atoms with Gasteiger partial charge in [-0.15, -0.1) is 0 Å². The fourth-order valence-corrected chi connectivity index (χ4v) is 6.06. The molecule has 0 nitrogen and oxygen atoms in total. The SMILES string of the molecule is CCCCCCCCC1CCC(c2ccc(-c3ccc(CC(CC)CCCC)cc3)cc2)CC1. The van der Waals surface area contributed by atoms with Crippen molar-refractivity contribution in [2.24, 2.45) is 11.8 Å². The van der Waals surface area contributed by atoms with Crippen molar-refractivity contribution in [3.05, 3.63) is 59.7 Å². The van der Waals surface area contributed by atoms with E-state index in [4.69, 9.17) is 0 Å². The Kier molecular flexibility index (Phi) is 12.3. The van der Waals surface area contributed by atoms with Crippen LogP contribution in [0.4, 0.5) is 0 Å². The summed E-state index contributed by atoms with van der Waals surface area (Å²) >= 11 is 0. The van der Waals surface area contributed by atoms with Crippen molar-refractivity contribution in [1.82, 2.24) is 0 Å². The average Bonchev–Trinajstić information content (AvgIpc) is 2.89. The van der Waals surface area contributed by atoms with E-state index in [1.54, 1.807) is 5.56 Å². The first-order valence-corrected chi connectivity index (χ1v) is 14.9. The number of unbranched alkanes of at least 4 members (excludes halogenated alkanes) is 6. The normalized spacial score (nSPS) is 19.3. The molecule has 3 rings (SSSR count). The minimum absolute atomic E-state index is 0.784. The number of hydrogen-bond donors (Lipinski definition) is 0. The van der Waals surface area contributed by atoms with Crippen LogP contribution >= 0.6 is 0 Å². The molecule has 0 saturated heterocycles. The van der Waals surface area contributed by atoms with Gasteiger partial charge in [0, 0.05) is 0 Å². The molecule has 188 valence electrons. The highest BCUT2D eigenvalue weighted by molar-refractivity contribution is 5.64. The highest BCUT2D eigenvalue weighted by atomic mass is 14.3. The Labute approximate surface area is 212 Å². The maximum atomic E-state index is 2.42. The number of rotatable bonds is 15. The van der Waals surface area contributed by atoms with Crippen LogP contribution < -0.4 is 0 Å². The quantitative estimate of drug-likeness (QED) is 0.232. The Bertz CT molecular complexity index is 761. The molecular formula is C34H52. The zero-order valence-corrected chi connectivity index (χ0v) is 22.7. The Morgan fingerprint density at radius 2 is 1.24 bits per heavy atom. The molecule has 0 N–H and O–H groups in total. The molecule has 0 aliphatic heterocycles. The maximum Gasteiger partial charge on any atom is -0.0162 e. The van der Waals surface area contributed by atoms with Crippen LogP contribution in [-0.2, 0) is 6.42 Å². The third kappa shape index (κ3) is 8.90. The van der Waals surface area contributed by atoms with Gasteiger partial charge in [-0.25, -0.2) is 0 Å². The molecule has 0 aromatic heterocycles. The second kappa shape index (κ2) is 15.4. The number of benzene rings is 2. The van der Waals surface area contributed by atoms with E-state index in [1.165, 1.54) is 119 Å². The van der Waals surface area contributed by atoms with E-state index in [1.807, 2.05) is 0 Å². The third-order valence-corrected chi connectivity index (χ3v) is 8.55. The molecule has 1 fully saturated rings. The van der Waals surface area contributed by atoms with Crippen LogP contribution in [0.25, 0.3) is 11.1 Å². The zero-order valence-electron chi connectivity index (χ0n) is 22.7. The molecule has 34 heavy (non-hydrogen) atoms. The Morgan fingerprint density at radius 3 is 1.85 bits per heavy atom. The van der Waals surface area contributed by atoms with Gasteiger partial charge < -0.3 is 0 Å². The molecule has 2 aromatic carbocycles. The van der Waals surface area contributed by atoms with Gasteiger partial charge in [0.15, 0.2) is 0 Å². The van der Waals surface area contributed by atoms with Crippen LogP contribution in [0, 0.1) is 11.8 Å². The van der Waals surface area contributed by atoms with Crippen LogP contribution in [0.2, 0.25) is 0 Å². The van der Waals surface area contributed by atoms with E-state index < -0.39 is 0 Å². The Morgan fingerprint density at radius 1 is 0.647 bits per heavy atom. The summed E-state index contributed by atoms with van der Waals surface area (Å²) in [6, 6.07) is 19.0. The summed E-state index contributed by atoms with van der Waals surface area (Å²) in [7, 11) is 0. The average molecular weight is 461 g/mol. The topological polar surface area (TPSA) is 0 Å². The van der Waals surface area contributed by atoms with Gasteiger partial charge in [-0.1, -0.05) is 140 Å². The lowest BCUT2D eigenvalue weighted by Gasteiger charge is -2.29. The minimum Gasteiger partial charge on any atom is -0.0654 e. The maximum absolute atomic E-state index is 2.42. The molecule has 1 aliphatic rings. The first-order valence-electron chi connectivity index (χ1n) is 14.9. The highest BCUT2D eigenvalue weighted by Gasteiger charge is 2.22. The van der Waals surface area contributed by atoms with Crippen molar-refractivity contribution >= 4 is 0 Å². The molecule has 0 heteroatoms. The van der Waals surface area contributed by atoms with E-state index in [9.17, 15) is 0 Å². The van der Waals surface area contributed by atoms with Gasteiger partial charge in [0.1, 0.15) is 0 Å². The van der Waals surface area contributed by atoms with Gasteiger partial charge in [-0.3, -0.25) is 0 Å². The smallest absolute Gasteiger partial charge is 0.0162 e. The van der Waals surface area contributed by atoms with Gasteiger partial charge in [-0.05, 0) is 72.1 Å². The second-order valence-electron chi connectivity index (χ2n) is 11.2. The Balaban J connectivity index is 1.43. The van der Waals surface area contributed by atoms with E-state index >= 15 is 0 Å². The largest absolute Gasteiger partial charge is 0.0654 e. The summed E-state index contributed by atoms with van der Waals surface area (Å²) in [4.78, 5) is 0. The molecule has 0 radical (unpaired) electrons. The molecule has 0 spiro atoms. The van der Waals surface area contributed by atoms with Crippen LogP contribution in [0.3, 0.4) is 0 Å². The van der Waals surface area contributed by atoms with E-state index in [0.29, 0.717) is 0 Å². The van der Waals surface area contributed by atoms with Crippen molar-refractivity contribution in [2.75, 3.05) is 0 Å². The monoisotopic (exact) mass is 460 g/mol. The summed E-state index contributed by atoms with van der Waals surface area (Å²) in [6.45, 7) is 6.95. The zero-order chi connectivity index (χ0) is 24.0. The fraction of sp³-hybridized carbons (Fsp3) is 0.647. The first kappa shape index (κ1) is 27.0. The van der Waals surface area contributed by atoms with E-state index in [0.717, 1.165) is 17.8 Å². The lowest BCUT2D eigenvalue weighted by molar-refractivity contribution is 0.302. The van der Waals surface area contributed by atoms with Crippen LogP contribution in [0.15, 0.2) is 48.5 Å². The second-order valence-corrected chi connectivity index (χ2v) is 11.2. The molecule has 0 heterocycles. The molecule has 1 atom stereocenters.